The number of para-hydroxylation sites is 1. The Labute approximate surface area is 225 Å². The lowest BCUT2D eigenvalue weighted by Crippen LogP contribution is -2.33. The molecule has 0 saturated carbocycles. The fourth-order valence-electron chi connectivity index (χ4n) is 4.65. The van der Waals surface area contributed by atoms with Crippen molar-refractivity contribution in [2.75, 3.05) is 19.5 Å². The van der Waals surface area contributed by atoms with Crippen LogP contribution in [0.4, 0.5) is 5.95 Å². The van der Waals surface area contributed by atoms with Gasteiger partial charge in [-0.3, -0.25) is 14.8 Å². The lowest BCUT2D eigenvalue weighted by molar-refractivity contribution is 0.102. The van der Waals surface area contributed by atoms with Gasteiger partial charge in [-0.25, -0.2) is 9.97 Å². The van der Waals surface area contributed by atoms with Gasteiger partial charge in [-0.15, -0.1) is 5.10 Å². The largest absolute Gasteiger partial charge is 0.496 e. The molecule has 0 saturated heterocycles. The molecule has 1 unspecified atom stereocenters. The number of benzene rings is 2. The molecular formula is C28H29N7O4. The Morgan fingerprint density at radius 1 is 1.00 bits per heavy atom. The number of ether oxygens (including phenoxy) is 2. The number of carbonyl (C=O) groups is 1. The van der Waals surface area contributed by atoms with Crippen molar-refractivity contribution < 1.29 is 19.4 Å². The minimum Gasteiger partial charge on any atom is -0.496 e. The maximum absolute atomic E-state index is 13.2. The molecular weight excluding hydrogens is 498 g/mol. The molecule has 5 rings (SSSR count). The molecule has 0 fully saturated rings. The number of hydrogen-bond donors (Lipinski definition) is 2. The quantitative estimate of drug-likeness (QED) is 0.297. The second-order valence-electron chi connectivity index (χ2n) is 8.72. The number of aryl methyl sites for hydroxylation is 2. The van der Waals surface area contributed by atoms with Crippen LogP contribution in [0.2, 0.25) is 0 Å². The van der Waals surface area contributed by atoms with E-state index in [9.17, 15) is 9.90 Å². The van der Waals surface area contributed by atoms with Crippen LogP contribution in [0.3, 0.4) is 0 Å². The molecule has 3 heterocycles. The van der Waals surface area contributed by atoms with Gasteiger partial charge in [0.2, 0.25) is 11.8 Å². The summed E-state index contributed by atoms with van der Waals surface area (Å²) in [6, 6.07) is 18.2. The van der Waals surface area contributed by atoms with Crippen molar-refractivity contribution in [1.29, 1.82) is 0 Å². The van der Waals surface area contributed by atoms with Crippen LogP contribution >= 0.6 is 0 Å². The van der Waals surface area contributed by atoms with Crippen molar-refractivity contribution in [1.82, 2.24) is 29.3 Å². The molecule has 0 aliphatic carbocycles. The number of rotatable bonds is 9. The van der Waals surface area contributed by atoms with E-state index in [4.69, 9.17) is 14.5 Å². The third kappa shape index (κ3) is 4.46. The molecule has 1 amide bonds. The van der Waals surface area contributed by atoms with Crippen LogP contribution in [0.1, 0.15) is 41.2 Å². The lowest BCUT2D eigenvalue weighted by atomic mass is 9.84. The van der Waals surface area contributed by atoms with Crippen LogP contribution in [0.15, 0.2) is 67.0 Å². The summed E-state index contributed by atoms with van der Waals surface area (Å²) in [5.74, 6) is 0.601. The Hall–Kier alpha value is -4.77. The number of nitrogens with one attached hydrogen (secondary N) is 1. The average Bonchev–Trinajstić information content (AvgIpc) is 3.60. The molecule has 0 bridgehead atoms. The van der Waals surface area contributed by atoms with Gasteiger partial charge in [-0.2, -0.15) is 4.98 Å². The van der Waals surface area contributed by atoms with Gasteiger partial charge in [0.25, 0.3) is 5.91 Å². The number of methoxy groups -OCH3 is 2. The highest BCUT2D eigenvalue weighted by molar-refractivity contribution is 6.06. The lowest BCUT2D eigenvalue weighted by Gasteiger charge is -2.30. The Kier molecular flexibility index (Phi) is 6.99. The number of hydrogen-bond acceptors (Lipinski definition) is 8. The number of imidazole rings is 1. The van der Waals surface area contributed by atoms with Crippen molar-refractivity contribution in [3.05, 3.63) is 89.5 Å². The van der Waals surface area contributed by atoms with Crippen molar-refractivity contribution in [2.24, 2.45) is 0 Å². The number of carbonyl (C=O) groups excluding carboxylic acids is 1. The Morgan fingerprint density at radius 3 is 2.41 bits per heavy atom. The zero-order valence-electron chi connectivity index (χ0n) is 22.1. The molecule has 200 valence electrons. The van der Waals surface area contributed by atoms with E-state index in [-0.39, 0.29) is 17.4 Å². The first kappa shape index (κ1) is 25.9. The van der Waals surface area contributed by atoms with E-state index in [1.807, 2.05) is 60.9 Å². The van der Waals surface area contributed by atoms with E-state index in [0.717, 1.165) is 0 Å². The minimum absolute atomic E-state index is 0.0859. The first-order valence-corrected chi connectivity index (χ1v) is 12.5. The van der Waals surface area contributed by atoms with Crippen LogP contribution < -0.4 is 14.8 Å². The zero-order chi connectivity index (χ0) is 27.6. The highest BCUT2D eigenvalue weighted by Gasteiger charge is 2.41. The molecule has 3 aromatic heterocycles. The fraction of sp³-hybridized carbons (Fsp3) is 0.250. The number of fused-ring (bicyclic) bond motifs is 1. The normalized spacial score (nSPS) is 12.7. The van der Waals surface area contributed by atoms with E-state index in [1.54, 1.807) is 30.0 Å². The summed E-state index contributed by atoms with van der Waals surface area (Å²) in [5.41, 5.74) is 0.470. The first-order valence-electron chi connectivity index (χ1n) is 12.5. The number of amides is 1. The van der Waals surface area contributed by atoms with Crippen LogP contribution in [0.25, 0.3) is 11.2 Å². The number of aromatic nitrogens is 6. The zero-order valence-corrected chi connectivity index (χ0v) is 22.1. The van der Waals surface area contributed by atoms with Gasteiger partial charge in [0.15, 0.2) is 17.1 Å². The third-order valence-corrected chi connectivity index (χ3v) is 6.56. The van der Waals surface area contributed by atoms with Crippen molar-refractivity contribution in [3.63, 3.8) is 0 Å². The molecule has 2 N–H and O–H groups in total. The molecule has 11 heteroatoms. The predicted octanol–water partition coefficient (Wildman–Crippen LogP) is 3.62. The van der Waals surface area contributed by atoms with Gasteiger partial charge in [-0.1, -0.05) is 48.5 Å². The van der Waals surface area contributed by atoms with Gasteiger partial charge in [0.05, 0.1) is 19.7 Å². The standard InChI is InChI=1S/C28H29N7O4/c1-5-34-17-29-27(33-34)32-24(36)19-16-21-23(30-25(19)39-4)31-26(35(21)6-2)28(37,18-12-8-7-9-13-18)20-14-10-11-15-22(20)38-3/h7-17,37H,5-6H2,1-4H3,(H,32,33,36). The molecule has 39 heavy (non-hydrogen) atoms. The summed E-state index contributed by atoms with van der Waals surface area (Å²) in [5, 5.41) is 19.5. The van der Waals surface area contributed by atoms with Crippen molar-refractivity contribution in [3.8, 4) is 11.6 Å². The monoisotopic (exact) mass is 527 g/mol. The number of nitrogens with zero attached hydrogens (tertiary/aromatic N) is 6. The topological polar surface area (TPSA) is 129 Å². The average molecular weight is 528 g/mol. The molecule has 0 aliphatic heterocycles. The molecule has 0 spiro atoms. The van der Waals surface area contributed by atoms with E-state index < -0.39 is 11.5 Å². The second-order valence-corrected chi connectivity index (χ2v) is 8.72. The molecule has 0 radical (unpaired) electrons. The van der Waals surface area contributed by atoms with Gasteiger partial charge in [-0.05, 0) is 31.5 Å². The van der Waals surface area contributed by atoms with Gasteiger partial charge < -0.3 is 19.1 Å². The Balaban J connectivity index is 1.71. The highest BCUT2D eigenvalue weighted by atomic mass is 16.5. The summed E-state index contributed by atoms with van der Waals surface area (Å²) in [4.78, 5) is 26.7. The van der Waals surface area contributed by atoms with Gasteiger partial charge >= 0.3 is 0 Å². The van der Waals surface area contributed by atoms with E-state index in [1.165, 1.54) is 13.4 Å². The van der Waals surface area contributed by atoms with Gasteiger partial charge in [0.1, 0.15) is 17.6 Å². The SMILES string of the molecule is CCn1cnc(NC(=O)c2cc3c(nc2OC)nc(C(O)(c2ccccc2)c2ccccc2OC)n3CC)n1. The third-order valence-electron chi connectivity index (χ3n) is 6.56. The summed E-state index contributed by atoms with van der Waals surface area (Å²) in [6.45, 7) is 4.91. The summed E-state index contributed by atoms with van der Waals surface area (Å²) in [6.07, 6.45) is 1.54. The predicted molar refractivity (Wildman–Crippen MR) is 145 cm³/mol. The van der Waals surface area contributed by atoms with Crippen LogP contribution in [0.5, 0.6) is 11.6 Å². The summed E-state index contributed by atoms with van der Waals surface area (Å²) < 4.78 is 14.5. The molecule has 1 atom stereocenters. The van der Waals surface area contributed by atoms with Crippen LogP contribution in [0, 0.1) is 0 Å². The van der Waals surface area contributed by atoms with Crippen LogP contribution in [-0.4, -0.2) is 54.5 Å². The van der Waals surface area contributed by atoms with Crippen LogP contribution in [-0.2, 0) is 18.7 Å². The number of pyridine rings is 1. The maximum atomic E-state index is 13.2. The molecule has 0 aliphatic rings. The van der Waals surface area contributed by atoms with Crippen molar-refractivity contribution in [2.45, 2.75) is 32.5 Å². The van der Waals surface area contributed by atoms with E-state index >= 15 is 0 Å². The number of aliphatic hydroxyl groups is 1. The maximum Gasteiger partial charge on any atom is 0.263 e. The molecule has 2 aromatic carbocycles. The highest BCUT2D eigenvalue weighted by Crippen LogP contribution is 2.42. The first-order chi connectivity index (χ1) is 18.9. The molecule has 5 aromatic rings. The van der Waals surface area contributed by atoms with Crippen molar-refractivity contribution >= 4 is 23.0 Å². The smallest absolute Gasteiger partial charge is 0.263 e. The fourth-order valence-corrected chi connectivity index (χ4v) is 4.65. The summed E-state index contributed by atoms with van der Waals surface area (Å²) >= 11 is 0. The molecule has 11 nitrogen and oxygen atoms in total. The van der Waals surface area contributed by atoms with E-state index in [0.29, 0.717) is 47.0 Å². The Bertz CT molecular complexity index is 1630. The Morgan fingerprint density at radius 2 is 1.74 bits per heavy atom. The summed E-state index contributed by atoms with van der Waals surface area (Å²) in [7, 11) is 2.99. The number of anilines is 1. The van der Waals surface area contributed by atoms with E-state index in [2.05, 4.69) is 20.4 Å². The second kappa shape index (κ2) is 10.5. The minimum atomic E-state index is -1.70. The van der Waals surface area contributed by atoms with Gasteiger partial charge in [0, 0.05) is 18.7 Å².